The molecule has 0 aromatic carbocycles. The predicted octanol–water partition coefficient (Wildman–Crippen LogP) is 1.35. The molecule has 1 rings (SSSR count). The van der Waals surface area contributed by atoms with Gasteiger partial charge in [0.2, 0.25) is 0 Å². The van der Waals surface area contributed by atoms with E-state index < -0.39 is 0 Å². The minimum absolute atomic E-state index is 0.0844. The van der Waals surface area contributed by atoms with Crippen molar-refractivity contribution in [3.63, 3.8) is 0 Å². The van der Waals surface area contributed by atoms with Crippen LogP contribution in [-0.2, 0) is 4.79 Å². The van der Waals surface area contributed by atoms with Crippen LogP contribution in [0.1, 0.15) is 6.92 Å². The zero-order valence-electron chi connectivity index (χ0n) is 4.97. The lowest BCUT2D eigenvalue weighted by atomic mass is 10.2. The number of hydrogen-bond acceptors (Lipinski definition) is 2. The molecule has 1 aliphatic rings. The summed E-state index contributed by atoms with van der Waals surface area (Å²) in [5.41, 5.74) is 0.925. The van der Waals surface area contributed by atoms with Crippen LogP contribution in [0.4, 0.5) is 0 Å². The standard InChI is InChI=1S/C6H6INO/c1-4-2-3-5(9)6(7)8-4/h2-3,6H,1H3. The summed E-state index contributed by atoms with van der Waals surface area (Å²) >= 11 is 2.01. The van der Waals surface area contributed by atoms with Crippen LogP contribution in [0.15, 0.2) is 17.1 Å². The van der Waals surface area contributed by atoms with Crippen LogP contribution in [-0.4, -0.2) is 15.5 Å². The van der Waals surface area contributed by atoms with Crippen LogP contribution in [0.2, 0.25) is 0 Å². The number of hydrogen-bond donors (Lipinski definition) is 0. The molecule has 2 nitrogen and oxygen atoms in total. The lowest BCUT2D eigenvalue weighted by molar-refractivity contribution is -0.113. The second kappa shape index (κ2) is 2.60. The summed E-state index contributed by atoms with van der Waals surface area (Å²) in [6.07, 6.45) is 3.30. The third kappa shape index (κ3) is 1.61. The molecule has 0 saturated carbocycles. The van der Waals surface area contributed by atoms with Crippen LogP contribution in [0.5, 0.6) is 0 Å². The number of ketones is 1. The van der Waals surface area contributed by atoms with Gasteiger partial charge in [0.25, 0.3) is 0 Å². The Morgan fingerprint density at radius 3 is 2.78 bits per heavy atom. The molecule has 0 radical (unpaired) electrons. The van der Waals surface area contributed by atoms with E-state index in [1.165, 1.54) is 0 Å². The number of carbonyl (C=O) groups is 1. The van der Waals surface area contributed by atoms with Crippen molar-refractivity contribution in [3.8, 4) is 0 Å². The van der Waals surface area contributed by atoms with Gasteiger partial charge in [0.1, 0.15) is 0 Å². The summed E-state index contributed by atoms with van der Waals surface area (Å²) in [4.78, 5) is 14.8. The van der Waals surface area contributed by atoms with Gasteiger partial charge in [-0.3, -0.25) is 9.79 Å². The number of aliphatic imine (C=N–C) groups is 1. The number of carbonyl (C=O) groups excluding carboxylic acids is 1. The summed E-state index contributed by atoms with van der Waals surface area (Å²) in [6.45, 7) is 1.88. The monoisotopic (exact) mass is 235 g/mol. The van der Waals surface area contributed by atoms with Crippen LogP contribution in [0.3, 0.4) is 0 Å². The summed E-state index contributed by atoms with van der Waals surface area (Å²) in [5.74, 6) is 0.0844. The highest BCUT2D eigenvalue weighted by Gasteiger charge is 2.12. The van der Waals surface area contributed by atoms with E-state index in [-0.39, 0.29) is 9.83 Å². The Morgan fingerprint density at radius 1 is 1.67 bits per heavy atom. The molecular formula is C6H6INO. The average molecular weight is 235 g/mol. The van der Waals surface area contributed by atoms with Crippen molar-refractivity contribution in [2.45, 2.75) is 11.0 Å². The summed E-state index contributed by atoms with van der Waals surface area (Å²) in [5, 5.41) is 0. The Labute approximate surface area is 67.2 Å². The first-order chi connectivity index (χ1) is 4.20. The van der Waals surface area contributed by atoms with Gasteiger partial charge in [-0.05, 0) is 41.7 Å². The van der Waals surface area contributed by atoms with Gasteiger partial charge in [0.05, 0.1) is 0 Å². The zero-order valence-corrected chi connectivity index (χ0v) is 7.12. The van der Waals surface area contributed by atoms with E-state index in [1.54, 1.807) is 12.2 Å². The second-order valence-electron chi connectivity index (χ2n) is 1.84. The fourth-order valence-electron chi connectivity index (χ4n) is 0.568. The molecule has 1 aliphatic heterocycles. The third-order valence-electron chi connectivity index (χ3n) is 1.04. The number of nitrogens with zero attached hydrogens (tertiary/aromatic N) is 1. The van der Waals surface area contributed by atoms with E-state index in [4.69, 9.17) is 0 Å². The van der Waals surface area contributed by atoms with Crippen molar-refractivity contribution >= 4 is 34.1 Å². The molecule has 0 N–H and O–H groups in total. The van der Waals surface area contributed by atoms with Gasteiger partial charge in [0, 0.05) is 5.71 Å². The molecule has 0 spiro atoms. The minimum atomic E-state index is -0.187. The highest BCUT2D eigenvalue weighted by atomic mass is 127. The van der Waals surface area contributed by atoms with Crippen molar-refractivity contribution in [2.24, 2.45) is 4.99 Å². The quantitative estimate of drug-likeness (QED) is 0.354. The number of halogens is 1. The molecule has 0 fully saturated rings. The predicted molar refractivity (Wildman–Crippen MR) is 45.1 cm³/mol. The maximum Gasteiger partial charge on any atom is 0.190 e. The first kappa shape index (κ1) is 6.92. The van der Waals surface area contributed by atoms with Crippen LogP contribution in [0, 0.1) is 0 Å². The topological polar surface area (TPSA) is 29.4 Å². The lowest BCUT2D eigenvalue weighted by Crippen LogP contribution is -2.13. The van der Waals surface area contributed by atoms with Crippen LogP contribution < -0.4 is 0 Å². The fraction of sp³-hybridized carbons (Fsp3) is 0.333. The third-order valence-corrected chi connectivity index (χ3v) is 1.93. The molecule has 0 aliphatic carbocycles. The molecule has 3 heteroatoms. The van der Waals surface area contributed by atoms with Gasteiger partial charge in [-0.1, -0.05) is 0 Å². The second-order valence-corrected chi connectivity index (χ2v) is 3.02. The minimum Gasteiger partial charge on any atom is -0.292 e. The maximum atomic E-state index is 10.7. The number of alkyl halides is 1. The van der Waals surface area contributed by atoms with E-state index in [9.17, 15) is 4.79 Å². The molecule has 0 amide bonds. The molecule has 0 saturated heterocycles. The molecule has 1 heterocycles. The Hall–Kier alpha value is -0.190. The highest BCUT2D eigenvalue weighted by molar-refractivity contribution is 14.1. The highest BCUT2D eigenvalue weighted by Crippen LogP contribution is 2.09. The Bertz CT molecular complexity index is 195. The number of dihydropyridines is 1. The van der Waals surface area contributed by atoms with E-state index in [0.29, 0.717) is 0 Å². The van der Waals surface area contributed by atoms with Crippen molar-refractivity contribution < 1.29 is 4.79 Å². The molecule has 1 atom stereocenters. The lowest BCUT2D eigenvalue weighted by Gasteiger charge is -2.04. The summed E-state index contributed by atoms with van der Waals surface area (Å²) < 4.78 is -0.187. The molecule has 0 aromatic heterocycles. The smallest absolute Gasteiger partial charge is 0.190 e. The largest absolute Gasteiger partial charge is 0.292 e. The van der Waals surface area contributed by atoms with Crippen molar-refractivity contribution in [1.82, 2.24) is 0 Å². The van der Waals surface area contributed by atoms with Gasteiger partial charge in [0.15, 0.2) is 9.83 Å². The van der Waals surface area contributed by atoms with Gasteiger partial charge in [-0.25, -0.2) is 0 Å². The van der Waals surface area contributed by atoms with Gasteiger partial charge < -0.3 is 0 Å². The molecule has 0 bridgehead atoms. The average Bonchev–Trinajstić information content (AvgIpc) is 1.80. The SMILES string of the molecule is CC1=NC(I)C(=O)C=C1. The Kier molecular flexibility index (Phi) is 2.00. The Morgan fingerprint density at radius 2 is 2.33 bits per heavy atom. The van der Waals surface area contributed by atoms with Gasteiger partial charge in [-0.2, -0.15) is 0 Å². The van der Waals surface area contributed by atoms with E-state index in [0.717, 1.165) is 5.71 Å². The number of allylic oxidation sites excluding steroid dienone is 1. The normalized spacial score (nSPS) is 26.2. The maximum absolute atomic E-state index is 10.7. The molecule has 9 heavy (non-hydrogen) atoms. The molecule has 48 valence electrons. The summed E-state index contributed by atoms with van der Waals surface area (Å²) in [6, 6.07) is 0. The van der Waals surface area contributed by atoms with Crippen LogP contribution in [0.25, 0.3) is 0 Å². The summed E-state index contributed by atoms with van der Waals surface area (Å²) in [7, 11) is 0. The fourth-order valence-corrected chi connectivity index (χ4v) is 1.21. The van der Waals surface area contributed by atoms with Gasteiger partial charge in [-0.15, -0.1) is 0 Å². The van der Waals surface area contributed by atoms with Gasteiger partial charge >= 0.3 is 0 Å². The first-order valence-electron chi connectivity index (χ1n) is 2.60. The van der Waals surface area contributed by atoms with Crippen LogP contribution >= 0.6 is 22.6 Å². The van der Waals surface area contributed by atoms with Crippen molar-refractivity contribution in [2.75, 3.05) is 0 Å². The van der Waals surface area contributed by atoms with Crippen molar-refractivity contribution in [3.05, 3.63) is 12.2 Å². The van der Waals surface area contributed by atoms with Crippen molar-refractivity contribution in [1.29, 1.82) is 0 Å². The number of rotatable bonds is 0. The first-order valence-corrected chi connectivity index (χ1v) is 3.85. The zero-order chi connectivity index (χ0) is 6.85. The molecular weight excluding hydrogens is 229 g/mol. The van der Waals surface area contributed by atoms with E-state index in [2.05, 4.69) is 4.99 Å². The molecule has 1 unspecified atom stereocenters. The molecule has 0 aromatic rings. The van der Waals surface area contributed by atoms with E-state index in [1.807, 2.05) is 29.5 Å². The van der Waals surface area contributed by atoms with E-state index >= 15 is 0 Å². The Balaban J connectivity index is 2.82.